The topological polar surface area (TPSA) is 94.1 Å². The Morgan fingerprint density at radius 3 is 2.34 bits per heavy atom. The first-order chi connectivity index (χ1) is 13.8. The molecular formula is C20H33N5O3S. The van der Waals surface area contributed by atoms with E-state index >= 15 is 0 Å². The van der Waals surface area contributed by atoms with Crippen LogP contribution in [0.2, 0.25) is 0 Å². The van der Waals surface area contributed by atoms with Crippen LogP contribution in [0.1, 0.15) is 31.7 Å². The van der Waals surface area contributed by atoms with Crippen LogP contribution in [0.3, 0.4) is 0 Å². The molecule has 0 unspecified atom stereocenters. The molecule has 8 nitrogen and oxygen atoms in total. The van der Waals surface area contributed by atoms with E-state index in [1.807, 2.05) is 6.92 Å². The van der Waals surface area contributed by atoms with E-state index in [9.17, 15) is 13.2 Å². The highest BCUT2D eigenvalue weighted by Crippen LogP contribution is 2.21. The number of nitrogens with zero attached hydrogens (tertiary/aromatic N) is 3. The zero-order valence-electron chi connectivity index (χ0n) is 17.8. The SMILES string of the molecule is CCNC(=NCc1ccc(S(=O)(=O)N(C)C)cc1)N1CCC(CC(=O)NC)CC1. The normalized spacial score (nSPS) is 16.2. The van der Waals surface area contributed by atoms with Crippen molar-refractivity contribution in [1.82, 2.24) is 19.8 Å². The summed E-state index contributed by atoms with van der Waals surface area (Å²) in [6, 6.07) is 6.85. The highest BCUT2D eigenvalue weighted by atomic mass is 32.2. The maximum Gasteiger partial charge on any atom is 0.242 e. The largest absolute Gasteiger partial charge is 0.359 e. The fourth-order valence-electron chi connectivity index (χ4n) is 3.28. The number of guanidine groups is 1. The van der Waals surface area contributed by atoms with Gasteiger partial charge in [-0.15, -0.1) is 0 Å². The maximum atomic E-state index is 12.2. The molecule has 1 heterocycles. The number of hydrogen-bond donors (Lipinski definition) is 2. The van der Waals surface area contributed by atoms with Crippen molar-refractivity contribution in [1.29, 1.82) is 0 Å². The molecule has 0 aromatic heterocycles. The number of benzene rings is 1. The molecule has 2 N–H and O–H groups in total. The Labute approximate surface area is 174 Å². The van der Waals surface area contributed by atoms with Crippen LogP contribution in [-0.2, 0) is 21.4 Å². The Morgan fingerprint density at radius 2 is 1.83 bits per heavy atom. The summed E-state index contributed by atoms with van der Waals surface area (Å²) in [7, 11) is 1.30. The third kappa shape index (κ3) is 6.43. The predicted octanol–water partition coefficient (Wildman–Crippen LogP) is 1.25. The molecule has 1 fully saturated rings. The molecule has 1 aromatic carbocycles. The summed E-state index contributed by atoms with van der Waals surface area (Å²) in [4.78, 5) is 18.8. The average molecular weight is 424 g/mol. The third-order valence-electron chi connectivity index (χ3n) is 5.12. The van der Waals surface area contributed by atoms with Gasteiger partial charge in [0.25, 0.3) is 0 Å². The number of nitrogens with one attached hydrogen (secondary N) is 2. The highest BCUT2D eigenvalue weighted by molar-refractivity contribution is 7.89. The summed E-state index contributed by atoms with van der Waals surface area (Å²) in [5, 5.41) is 6.03. The van der Waals surface area contributed by atoms with Crippen LogP contribution in [-0.4, -0.2) is 70.3 Å². The molecule has 1 amide bonds. The number of rotatable bonds is 7. The quantitative estimate of drug-likeness (QED) is 0.509. The van der Waals surface area contributed by atoms with E-state index in [4.69, 9.17) is 4.99 Å². The van der Waals surface area contributed by atoms with Crippen LogP contribution < -0.4 is 10.6 Å². The van der Waals surface area contributed by atoms with Crippen molar-refractivity contribution in [2.75, 3.05) is 40.8 Å². The number of sulfonamides is 1. The zero-order valence-corrected chi connectivity index (χ0v) is 18.6. The van der Waals surface area contributed by atoms with Crippen LogP contribution >= 0.6 is 0 Å². The second-order valence-corrected chi connectivity index (χ2v) is 9.56. The molecule has 9 heteroatoms. The lowest BCUT2D eigenvalue weighted by atomic mass is 9.93. The van der Waals surface area contributed by atoms with Gasteiger partial charge in [0, 0.05) is 47.2 Å². The molecule has 1 aliphatic heterocycles. The molecule has 0 spiro atoms. The van der Waals surface area contributed by atoms with Crippen LogP contribution in [0, 0.1) is 5.92 Å². The fraction of sp³-hybridized carbons (Fsp3) is 0.600. The van der Waals surface area contributed by atoms with E-state index in [1.165, 1.54) is 18.4 Å². The van der Waals surface area contributed by atoms with Gasteiger partial charge in [0.2, 0.25) is 15.9 Å². The smallest absolute Gasteiger partial charge is 0.242 e. The fourth-order valence-corrected chi connectivity index (χ4v) is 4.18. The van der Waals surface area contributed by atoms with Crippen molar-refractivity contribution in [3.05, 3.63) is 29.8 Å². The van der Waals surface area contributed by atoms with Gasteiger partial charge in [-0.05, 0) is 43.4 Å². The van der Waals surface area contributed by atoms with Gasteiger partial charge in [0.15, 0.2) is 5.96 Å². The second-order valence-electron chi connectivity index (χ2n) is 7.41. The molecule has 0 aliphatic carbocycles. The lowest BCUT2D eigenvalue weighted by Gasteiger charge is -2.34. The summed E-state index contributed by atoms with van der Waals surface area (Å²) in [6.45, 7) is 5.02. The van der Waals surface area contributed by atoms with E-state index in [2.05, 4.69) is 15.5 Å². The molecule has 29 heavy (non-hydrogen) atoms. The first kappa shape index (κ1) is 23.2. The van der Waals surface area contributed by atoms with Gasteiger partial charge < -0.3 is 15.5 Å². The molecule has 1 saturated heterocycles. The molecule has 0 saturated carbocycles. The van der Waals surface area contributed by atoms with Gasteiger partial charge in [-0.25, -0.2) is 17.7 Å². The van der Waals surface area contributed by atoms with E-state index in [-0.39, 0.29) is 10.8 Å². The van der Waals surface area contributed by atoms with Gasteiger partial charge in [-0.2, -0.15) is 0 Å². The molecule has 2 rings (SSSR count). The van der Waals surface area contributed by atoms with Crippen molar-refractivity contribution in [3.63, 3.8) is 0 Å². The van der Waals surface area contributed by atoms with Crippen LogP contribution in [0.4, 0.5) is 0 Å². The highest BCUT2D eigenvalue weighted by Gasteiger charge is 2.23. The maximum absolute atomic E-state index is 12.2. The first-order valence-electron chi connectivity index (χ1n) is 10.0. The van der Waals surface area contributed by atoms with Crippen LogP contribution in [0.5, 0.6) is 0 Å². The molecular weight excluding hydrogens is 390 g/mol. The number of aliphatic imine (C=N–C) groups is 1. The number of amides is 1. The van der Waals surface area contributed by atoms with E-state index in [0.29, 0.717) is 18.9 Å². The Morgan fingerprint density at radius 1 is 1.21 bits per heavy atom. The van der Waals surface area contributed by atoms with E-state index < -0.39 is 10.0 Å². The van der Waals surface area contributed by atoms with Gasteiger partial charge in [-0.3, -0.25) is 4.79 Å². The van der Waals surface area contributed by atoms with Crippen molar-refractivity contribution >= 4 is 21.9 Å². The summed E-state index contributed by atoms with van der Waals surface area (Å²) in [5.74, 6) is 1.37. The molecule has 1 aromatic rings. The molecule has 1 aliphatic rings. The Bertz CT molecular complexity index is 798. The Balaban J connectivity index is 2.00. The van der Waals surface area contributed by atoms with Crippen LogP contribution in [0.15, 0.2) is 34.2 Å². The lowest BCUT2D eigenvalue weighted by Crippen LogP contribution is -2.46. The number of likely N-dealkylation sites (tertiary alicyclic amines) is 1. The molecule has 162 valence electrons. The van der Waals surface area contributed by atoms with Crippen molar-refractivity contribution in [2.24, 2.45) is 10.9 Å². The third-order valence-corrected chi connectivity index (χ3v) is 6.94. The monoisotopic (exact) mass is 423 g/mol. The van der Waals surface area contributed by atoms with Gasteiger partial charge in [0.05, 0.1) is 11.4 Å². The minimum atomic E-state index is -3.42. The second kappa shape index (κ2) is 10.6. The van der Waals surface area contributed by atoms with Crippen LogP contribution in [0.25, 0.3) is 0 Å². The summed E-state index contributed by atoms with van der Waals surface area (Å²) in [6.07, 6.45) is 2.52. The van der Waals surface area contributed by atoms with Crippen molar-refractivity contribution in [2.45, 2.75) is 37.6 Å². The zero-order chi connectivity index (χ0) is 21.4. The number of carbonyl (C=O) groups is 1. The number of hydrogen-bond acceptors (Lipinski definition) is 4. The minimum Gasteiger partial charge on any atom is -0.359 e. The first-order valence-corrected chi connectivity index (χ1v) is 11.5. The minimum absolute atomic E-state index is 0.101. The predicted molar refractivity (Wildman–Crippen MR) is 115 cm³/mol. The van der Waals surface area contributed by atoms with Gasteiger partial charge in [-0.1, -0.05) is 12.1 Å². The van der Waals surface area contributed by atoms with Gasteiger partial charge >= 0.3 is 0 Å². The standard InChI is InChI=1S/C20H33N5O3S/c1-5-22-20(25-12-10-16(11-13-25)14-19(26)21-2)23-15-17-6-8-18(9-7-17)29(27,28)24(3)4/h6-9,16H,5,10-15H2,1-4H3,(H,21,26)(H,22,23). The average Bonchev–Trinajstić information content (AvgIpc) is 2.72. The number of piperidine rings is 1. The van der Waals surface area contributed by atoms with E-state index in [0.717, 1.165) is 44.0 Å². The van der Waals surface area contributed by atoms with E-state index in [1.54, 1.807) is 31.3 Å². The molecule has 0 atom stereocenters. The molecule has 0 radical (unpaired) electrons. The Hall–Kier alpha value is -2.13. The molecule has 0 bridgehead atoms. The summed E-state index contributed by atoms with van der Waals surface area (Å²) < 4.78 is 25.5. The van der Waals surface area contributed by atoms with Gasteiger partial charge in [0.1, 0.15) is 0 Å². The Kier molecular flexibility index (Phi) is 8.45. The van der Waals surface area contributed by atoms with Crippen molar-refractivity contribution < 1.29 is 13.2 Å². The van der Waals surface area contributed by atoms with Crippen molar-refractivity contribution in [3.8, 4) is 0 Å². The lowest BCUT2D eigenvalue weighted by molar-refractivity contribution is -0.121. The number of carbonyl (C=O) groups excluding carboxylic acids is 1. The summed E-state index contributed by atoms with van der Waals surface area (Å²) >= 11 is 0. The summed E-state index contributed by atoms with van der Waals surface area (Å²) in [5.41, 5.74) is 0.951.